The van der Waals surface area contributed by atoms with Crippen molar-refractivity contribution in [2.24, 2.45) is 47.3 Å². The lowest BCUT2D eigenvalue weighted by Crippen LogP contribution is -2.53. The summed E-state index contributed by atoms with van der Waals surface area (Å²) in [6.07, 6.45) is 16.2. The van der Waals surface area contributed by atoms with Crippen molar-refractivity contribution in [3.8, 4) is 0 Å². The van der Waals surface area contributed by atoms with E-state index in [-0.39, 0.29) is 0 Å². The van der Waals surface area contributed by atoms with E-state index < -0.39 is 0 Å². The quantitative estimate of drug-likeness (QED) is 0.538. The Hall–Kier alpha value is -0.520. The van der Waals surface area contributed by atoms with Crippen molar-refractivity contribution in [3.05, 3.63) is 24.3 Å². The van der Waals surface area contributed by atoms with E-state index in [4.69, 9.17) is 0 Å². The molecule has 3 fully saturated rings. The van der Waals surface area contributed by atoms with E-state index in [1.807, 2.05) is 0 Å². The molecule has 0 amide bonds. The minimum Gasteiger partial charge on any atom is -0.0880 e. The third-order valence-corrected chi connectivity index (χ3v) is 6.66. The topological polar surface area (TPSA) is 0 Å². The van der Waals surface area contributed by atoms with Gasteiger partial charge >= 0.3 is 0 Å². The van der Waals surface area contributed by atoms with Crippen molar-refractivity contribution in [2.75, 3.05) is 0 Å². The first kappa shape index (κ1) is 8.55. The van der Waals surface area contributed by atoms with Crippen LogP contribution in [0.2, 0.25) is 0 Å². The van der Waals surface area contributed by atoms with Gasteiger partial charge in [-0.2, -0.15) is 0 Å². The number of allylic oxidation sites excluding steroid dienone is 4. The molecule has 8 unspecified atom stereocenters. The van der Waals surface area contributed by atoms with Crippen molar-refractivity contribution in [1.82, 2.24) is 0 Å². The Labute approximate surface area is 97.8 Å². The van der Waals surface area contributed by atoms with Gasteiger partial charge < -0.3 is 0 Å². The zero-order valence-electron chi connectivity index (χ0n) is 9.76. The van der Waals surface area contributed by atoms with Crippen molar-refractivity contribution in [1.29, 1.82) is 0 Å². The molecule has 0 heteroatoms. The fourth-order valence-electron chi connectivity index (χ4n) is 6.19. The fourth-order valence-corrected chi connectivity index (χ4v) is 6.19. The normalized spacial score (nSPS) is 64.0. The molecule has 0 spiro atoms. The maximum atomic E-state index is 2.58. The Kier molecular flexibility index (Phi) is 1.42. The van der Waals surface area contributed by atoms with Gasteiger partial charge in [-0.1, -0.05) is 24.3 Å². The molecule has 0 heterocycles. The molecule has 84 valence electrons. The first-order valence-corrected chi connectivity index (χ1v) is 7.27. The Morgan fingerprint density at radius 2 is 1.56 bits per heavy atom. The van der Waals surface area contributed by atoms with Gasteiger partial charge in [0.25, 0.3) is 0 Å². The lowest BCUT2D eigenvalue weighted by atomic mass is 9.45. The molecular formula is C16H20. The summed E-state index contributed by atoms with van der Waals surface area (Å²) in [6, 6.07) is 0. The van der Waals surface area contributed by atoms with Gasteiger partial charge in [-0.3, -0.25) is 0 Å². The standard InChI is InChI=1S/C16H20/c1-2-10-7-13-9-4-5-12(6-9)16(13)14-8-11(3-1)15(10)14/h1-2,4-5,9-16H,3,6-8H2. The number of hydrogen-bond donors (Lipinski definition) is 0. The highest BCUT2D eigenvalue weighted by molar-refractivity contribution is 5.22. The summed E-state index contributed by atoms with van der Waals surface area (Å²) in [7, 11) is 0. The molecule has 5 aliphatic carbocycles. The lowest BCUT2D eigenvalue weighted by molar-refractivity contribution is -0.0800. The molecule has 0 aromatic rings. The van der Waals surface area contributed by atoms with E-state index >= 15 is 0 Å². The average molecular weight is 212 g/mol. The van der Waals surface area contributed by atoms with E-state index in [0.29, 0.717) is 0 Å². The van der Waals surface area contributed by atoms with Crippen molar-refractivity contribution < 1.29 is 0 Å². The van der Waals surface area contributed by atoms with E-state index in [9.17, 15) is 0 Å². The van der Waals surface area contributed by atoms with Crippen molar-refractivity contribution in [3.63, 3.8) is 0 Å². The zero-order chi connectivity index (χ0) is 10.3. The SMILES string of the molecule is C1=CC2CC3C4C=CC(C4)C3C3CC(C1)C23. The summed E-state index contributed by atoms with van der Waals surface area (Å²) in [5.74, 6) is 8.45. The molecule has 5 rings (SSSR count). The van der Waals surface area contributed by atoms with Crippen LogP contribution >= 0.6 is 0 Å². The van der Waals surface area contributed by atoms with Crippen molar-refractivity contribution in [2.45, 2.75) is 25.7 Å². The average Bonchev–Trinajstić information content (AvgIpc) is 2.85. The van der Waals surface area contributed by atoms with Crippen LogP contribution in [0.1, 0.15) is 25.7 Å². The smallest absolute Gasteiger partial charge is 0.0194 e. The van der Waals surface area contributed by atoms with Gasteiger partial charge in [-0.25, -0.2) is 0 Å². The second-order valence-corrected chi connectivity index (χ2v) is 6.99. The van der Waals surface area contributed by atoms with Gasteiger partial charge in [-0.05, 0) is 73.0 Å². The highest BCUT2D eigenvalue weighted by Gasteiger charge is 2.59. The second kappa shape index (κ2) is 2.66. The molecule has 16 heavy (non-hydrogen) atoms. The maximum absolute atomic E-state index is 2.58. The highest BCUT2D eigenvalue weighted by atomic mass is 14.6. The van der Waals surface area contributed by atoms with Crippen LogP contribution in [-0.2, 0) is 0 Å². The molecule has 0 aliphatic heterocycles. The van der Waals surface area contributed by atoms with Gasteiger partial charge in [0.1, 0.15) is 0 Å². The van der Waals surface area contributed by atoms with Gasteiger partial charge in [0.05, 0.1) is 0 Å². The molecule has 0 radical (unpaired) electrons. The van der Waals surface area contributed by atoms with Gasteiger partial charge in [0.2, 0.25) is 0 Å². The molecule has 0 nitrogen and oxygen atoms in total. The van der Waals surface area contributed by atoms with E-state index in [1.165, 1.54) is 19.3 Å². The third kappa shape index (κ3) is 0.824. The maximum Gasteiger partial charge on any atom is -0.0194 e. The predicted octanol–water partition coefficient (Wildman–Crippen LogP) is 3.66. The first-order valence-electron chi connectivity index (χ1n) is 7.27. The summed E-state index contributed by atoms with van der Waals surface area (Å²) >= 11 is 0. The van der Waals surface area contributed by atoms with Crippen LogP contribution in [0.25, 0.3) is 0 Å². The highest BCUT2D eigenvalue weighted by Crippen LogP contribution is 2.66. The summed E-state index contributed by atoms with van der Waals surface area (Å²) < 4.78 is 0. The fraction of sp³-hybridized carbons (Fsp3) is 0.750. The van der Waals surface area contributed by atoms with Crippen LogP contribution in [0.4, 0.5) is 0 Å². The Bertz CT molecular complexity index is 391. The molecule has 8 atom stereocenters. The predicted molar refractivity (Wildman–Crippen MR) is 64.7 cm³/mol. The lowest BCUT2D eigenvalue weighted by Gasteiger charge is -2.59. The van der Waals surface area contributed by atoms with Gasteiger partial charge in [-0.15, -0.1) is 0 Å². The van der Waals surface area contributed by atoms with Crippen LogP contribution in [0.15, 0.2) is 24.3 Å². The minimum absolute atomic E-state index is 0.977. The molecule has 0 aromatic heterocycles. The third-order valence-electron chi connectivity index (χ3n) is 6.66. The molecule has 0 N–H and O–H groups in total. The number of hydrogen-bond acceptors (Lipinski definition) is 0. The Morgan fingerprint density at radius 1 is 0.688 bits per heavy atom. The first-order chi connectivity index (χ1) is 7.92. The van der Waals surface area contributed by atoms with Crippen LogP contribution in [-0.4, -0.2) is 0 Å². The van der Waals surface area contributed by atoms with E-state index in [2.05, 4.69) is 24.3 Å². The van der Waals surface area contributed by atoms with Gasteiger partial charge in [0, 0.05) is 0 Å². The second-order valence-electron chi connectivity index (χ2n) is 6.99. The monoisotopic (exact) mass is 212 g/mol. The molecule has 2 bridgehead atoms. The van der Waals surface area contributed by atoms with Crippen LogP contribution < -0.4 is 0 Å². The van der Waals surface area contributed by atoms with E-state index in [0.717, 1.165) is 47.3 Å². The largest absolute Gasteiger partial charge is 0.0880 e. The van der Waals surface area contributed by atoms with E-state index in [1.54, 1.807) is 6.42 Å². The summed E-state index contributed by atoms with van der Waals surface area (Å²) in [5.41, 5.74) is 0. The van der Waals surface area contributed by atoms with Crippen LogP contribution in [0, 0.1) is 47.3 Å². The molecular weight excluding hydrogens is 192 g/mol. The van der Waals surface area contributed by atoms with Crippen LogP contribution in [0.3, 0.4) is 0 Å². The number of fused-ring (bicyclic) bond motifs is 6. The van der Waals surface area contributed by atoms with Crippen molar-refractivity contribution >= 4 is 0 Å². The molecule has 5 aliphatic rings. The molecule has 0 saturated heterocycles. The zero-order valence-corrected chi connectivity index (χ0v) is 9.76. The minimum atomic E-state index is 0.977. The molecule has 0 aromatic carbocycles. The van der Waals surface area contributed by atoms with Gasteiger partial charge in [0.15, 0.2) is 0 Å². The number of rotatable bonds is 0. The Balaban J connectivity index is 1.57. The summed E-state index contributed by atoms with van der Waals surface area (Å²) in [5, 5.41) is 0. The summed E-state index contributed by atoms with van der Waals surface area (Å²) in [6.45, 7) is 0. The summed E-state index contributed by atoms with van der Waals surface area (Å²) in [4.78, 5) is 0. The van der Waals surface area contributed by atoms with Crippen LogP contribution in [0.5, 0.6) is 0 Å². The Morgan fingerprint density at radius 3 is 2.56 bits per heavy atom. The molecule has 3 saturated carbocycles.